The average Bonchev–Trinajstić information content (AvgIpc) is 3.04. The van der Waals surface area contributed by atoms with Crippen molar-refractivity contribution in [1.82, 2.24) is 0 Å². The number of alkyl halides is 1. The van der Waals surface area contributed by atoms with Crippen LogP contribution in [0.4, 0.5) is 8.78 Å². The topological polar surface area (TPSA) is 26.0 Å². The third-order valence-corrected chi connectivity index (χ3v) is 3.23. The van der Waals surface area contributed by atoms with Gasteiger partial charge >= 0.3 is 0 Å². The third-order valence-electron chi connectivity index (χ3n) is 2.90. The Balaban J connectivity index is 2.45. The summed E-state index contributed by atoms with van der Waals surface area (Å²) in [5, 5.41) is 0.247. The van der Waals surface area contributed by atoms with Gasteiger partial charge in [-0.2, -0.15) is 0 Å². The van der Waals surface area contributed by atoms with Gasteiger partial charge < -0.3 is 5.73 Å². The van der Waals surface area contributed by atoms with Crippen molar-refractivity contribution in [2.45, 2.75) is 18.5 Å². The lowest BCUT2D eigenvalue weighted by Crippen LogP contribution is -2.33. The average molecular weight is 232 g/mol. The smallest absolute Gasteiger partial charge is 0.152 e. The Labute approximate surface area is 92.2 Å². The second kappa shape index (κ2) is 3.72. The summed E-state index contributed by atoms with van der Waals surface area (Å²) in [7, 11) is 0. The van der Waals surface area contributed by atoms with E-state index in [4.69, 9.17) is 17.3 Å². The van der Waals surface area contributed by atoms with Gasteiger partial charge in [-0.1, -0.05) is 11.6 Å². The minimum Gasteiger partial charge on any atom is -0.327 e. The summed E-state index contributed by atoms with van der Waals surface area (Å²) < 4.78 is 27.5. The Morgan fingerprint density at radius 3 is 2.67 bits per heavy atom. The highest BCUT2D eigenvalue weighted by Crippen LogP contribution is 2.49. The lowest BCUT2D eigenvalue weighted by atomic mass is 9.90. The number of hydrogen-bond acceptors (Lipinski definition) is 1. The summed E-state index contributed by atoms with van der Waals surface area (Å²) in [5.74, 6) is -0.590. The number of hydrogen-bond donors (Lipinski definition) is 1. The molecule has 4 heteroatoms. The first-order valence-corrected chi connectivity index (χ1v) is 5.30. The molecule has 0 aliphatic heterocycles. The lowest BCUT2D eigenvalue weighted by Gasteiger charge is -2.25. The fraction of sp³-hybridized carbons (Fsp3) is 0.455. The molecular formula is C11H12ClF2N. The number of halogens is 3. The normalized spacial score (nSPS) is 20.0. The van der Waals surface area contributed by atoms with E-state index in [1.165, 1.54) is 12.1 Å². The monoisotopic (exact) mass is 231 g/mol. The second-order valence-corrected chi connectivity index (χ2v) is 4.37. The first kappa shape index (κ1) is 10.8. The molecule has 2 N–H and O–H groups in total. The molecule has 0 heterocycles. The standard InChI is InChI=1S/C11H12ClF2N/c12-10-4-3-8(13)5-9(10)11(14,6-15)7-1-2-7/h3-5,7H,1-2,6,15H2. The maximum atomic E-state index is 14.5. The SMILES string of the molecule is NCC(F)(c1cc(F)ccc1Cl)C1CC1. The highest BCUT2D eigenvalue weighted by molar-refractivity contribution is 6.31. The molecule has 0 bridgehead atoms. The predicted octanol–water partition coefficient (Wildman–Crippen LogP) is 3.01. The van der Waals surface area contributed by atoms with Gasteiger partial charge in [-0.25, -0.2) is 8.78 Å². The Morgan fingerprint density at radius 1 is 1.47 bits per heavy atom. The molecule has 1 atom stereocenters. The van der Waals surface area contributed by atoms with Gasteiger partial charge in [-0.05, 0) is 37.0 Å². The van der Waals surface area contributed by atoms with Gasteiger partial charge in [0, 0.05) is 17.1 Å². The molecule has 15 heavy (non-hydrogen) atoms. The minimum absolute atomic E-state index is 0.109. The largest absolute Gasteiger partial charge is 0.327 e. The molecular weight excluding hydrogens is 220 g/mol. The van der Waals surface area contributed by atoms with E-state index in [-0.39, 0.29) is 23.0 Å². The molecule has 1 aromatic carbocycles. The molecule has 0 spiro atoms. The molecule has 1 aliphatic carbocycles. The maximum Gasteiger partial charge on any atom is 0.152 e. The van der Waals surface area contributed by atoms with E-state index in [0.29, 0.717) is 0 Å². The Morgan fingerprint density at radius 2 is 2.13 bits per heavy atom. The molecule has 1 aromatic rings. The van der Waals surface area contributed by atoms with E-state index in [9.17, 15) is 8.78 Å². The molecule has 82 valence electrons. The summed E-state index contributed by atoms with van der Waals surface area (Å²) >= 11 is 5.87. The number of benzene rings is 1. The summed E-state index contributed by atoms with van der Waals surface area (Å²) in [6.45, 7) is -0.152. The first-order valence-electron chi connectivity index (χ1n) is 4.92. The van der Waals surface area contributed by atoms with Crippen LogP contribution in [-0.4, -0.2) is 6.54 Å². The van der Waals surface area contributed by atoms with Crippen molar-refractivity contribution in [3.05, 3.63) is 34.6 Å². The van der Waals surface area contributed by atoms with Crippen molar-refractivity contribution in [2.75, 3.05) is 6.54 Å². The fourth-order valence-electron chi connectivity index (χ4n) is 1.85. The van der Waals surface area contributed by atoms with Gasteiger partial charge in [0.25, 0.3) is 0 Å². The van der Waals surface area contributed by atoms with Crippen LogP contribution in [0.1, 0.15) is 18.4 Å². The summed E-state index contributed by atoms with van der Waals surface area (Å²) in [4.78, 5) is 0. The van der Waals surface area contributed by atoms with Crippen LogP contribution in [0.2, 0.25) is 5.02 Å². The maximum absolute atomic E-state index is 14.5. The zero-order valence-corrected chi connectivity index (χ0v) is 8.90. The van der Waals surface area contributed by atoms with Gasteiger partial charge in [0.05, 0.1) is 0 Å². The quantitative estimate of drug-likeness (QED) is 0.850. The molecule has 0 amide bonds. The zero-order valence-electron chi connectivity index (χ0n) is 8.14. The second-order valence-electron chi connectivity index (χ2n) is 3.97. The predicted molar refractivity (Wildman–Crippen MR) is 56.0 cm³/mol. The first-order chi connectivity index (χ1) is 7.08. The molecule has 1 saturated carbocycles. The van der Waals surface area contributed by atoms with Crippen molar-refractivity contribution in [3.8, 4) is 0 Å². The van der Waals surface area contributed by atoms with Crippen LogP contribution >= 0.6 is 11.6 Å². The van der Waals surface area contributed by atoms with Gasteiger partial charge in [0.1, 0.15) is 5.82 Å². The number of nitrogens with two attached hydrogens (primary N) is 1. The van der Waals surface area contributed by atoms with Crippen molar-refractivity contribution < 1.29 is 8.78 Å². The van der Waals surface area contributed by atoms with Gasteiger partial charge in [-0.15, -0.1) is 0 Å². The van der Waals surface area contributed by atoms with Crippen LogP contribution in [0.3, 0.4) is 0 Å². The van der Waals surface area contributed by atoms with E-state index in [1.54, 1.807) is 0 Å². The van der Waals surface area contributed by atoms with Gasteiger partial charge in [0.2, 0.25) is 0 Å². The van der Waals surface area contributed by atoms with Crippen LogP contribution in [-0.2, 0) is 5.67 Å². The fourth-order valence-corrected chi connectivity index (χ4v) is 2.13. The van der Waals surface area contributed by atoms with E-state index in [0.717, 1.165) is 18.9 Å². The van der Waals surface area contributed by atoms with Crippen LogP contribution in [0, 0.1) is 11.7 Å². The van der Waals surface area contributed by atoms with E-state index in [1.807, 2.05) is 0 Å². The molecule has 0 radical (unpaired) electrons. The molecule has 2 rings (SSSR count). The van der Waals surface area contributed by atoms with Crippen LogP contribution < -0.4 is 5.73 Å². The summed E-state index contributed by atoms with van der Waals surface area (Å²) in [5.41, 5.74) is 3.96. The highest BCUT2D eigenvalue weighted by Gasteiger charge is 2.47. The summed E-state index contributed by atoms with van der Waals surface area (Å²) in [6, 6.07) is 3.74. The van der Waals surface area contributed by atoms with Crippen molar-refractivity contribution >= 4 is 11.6 Å². The van der Waals surface area contributed by atoms with Crippen molar-refractivity contribution in [2.24, 2.45) is 11.7 Å². The van der Waals surface area contributed by atoms with E-state index < -0.39 is 11.5 Å². The highest BCUT2D eigenvalue weighted by atomic mass is 35.5. The molecule has 0 aromatic heterocycles. The van der Waals surface area contributed by atoms with E-state index in [2.05, 4.69) is 0 Å². The Hall–Kier alpha value is -0.670. The van der Waals surface area contributed by atoms with Gasteiger partial charge in [-0.3, -0.25) is 0 Å². The van der Waals surface area contributed by atoms with E-state index >= 15 is 0 Å². The summed E-state index contributed by atoms with van der Waals surface area (Å²) in [6.07, 6.45) is 1.58. The molecule has 1 aliphatic rings. The van der Waals surface area contributed by atoms with Crippen molar-refractivity contribution in [3.63, 3.8) is 0 Å². The minimum atomic E-state index is -1.67. The Kier molecular flexibility index (Phi) is 2.69. The van der Waals surface area contributed by atoms with Crippen LogP contribution in [0.15, 0.2) is 18.2 Å². The molecule has 1 unspecified atom stereocenters. The van der Waals surface area contributed by atoms with Crippen LogP contribution in [0.5, 0.6) is 0 Å². The van der Waals surface area contributed by atoms with Crippen LogP contribution in [0.25, 0.3) is 0 Å². The van der Waals surface area contributed by atoms with Crippen molar-refractivity contribution in [1.29, 1.82) is 0 Å². The third kappa shape index (κ3) is 1.86. The molecule has 1 fully saturated rings. The lowest BCUT2D eigenvalue weighted by molar-refractivity contribution is 0.142. The Bertz CT molecular complexity index is 379. The number of rotatable bonds is 3. The molecule has 0 saturated heterocycles. The zero-order chi connectivity index (χ0) is 11.1. The molecule has 1 nitrogen and oxygen atoms in total. The van der Waals surface area contributed by atoms with Gasteiger partial charge in [0.15, 0.2) is 5.67 Å².